The number of rotatable bonds is 6. The summed E-state index contributed by atoms with van der Waals surface area (Å²) < 4.78 is 13.2. The van der Waals surface area contributed by atoms with Crippen LogP contribution in [0.4, 0.5) is 10.1 Å². The maximum Gasteiger partial charge on any atom is 0.282 e. The minimum absolute atomic E-state index is 0.235. The van der Waals surface area contributed by atoms with Crippen molar-refractivity contribution in [2.75, 3.05) is 26.2 Å². The lowest BCUT2D eigenvalue weighted by Crippen LogP contribution is -2.29. The molecule has 1 heterocycles. The van der Waals surface area contributed by atoms with Gasteiger partial charge in [0.15, 0.2) is 0 Å². The maximum atomic E-state index is 13.2. The Morgan fingerprint density at radius 2 is 2.10 bits per heavy atom. The molecule has 1 aliphatic rings. The van der Waals surface area contributed by atoms with Crippen LogP contribution in [0.2, 0.25) is 0 Å². The number of nitrogens with one attached hydrogen (secondary N) is 1. The number of benzene rings is 1. The van der Waals surface area contributed by atoms with Crippen molar-refractivity contribution >= 4 is 11.6 Å². The van der Waals surface area contributed by atoms with Gasteiger partial charge in [-0.05, 0) is 51.0 Å². The van der Waals surface area contributed by atoms with Gasteiger partial charge in [-0.25, -0.2) is 4.39 Å². The molecule has 0 aliphatic carbocycles. The van der Waals surface area contributed by atoms with Gasteiger partial charge in [0.2, 0.25) is 0 Å². The lowest BCUT2D eigenvalue weighted by Gasteiger charge is -2.14. The number of likely N-dealkylation sites (tertiary alicyclic amines) is 1. The SMILES string of the molecule is O=C(NCCCN1CCCC1)c1cc(F)ccc1[N+](=O)[O-]. The zero-order valence-electron chi connectivity index (χ0n) is 11.7. The molecule has 6 nitrogen and oxygen atoms in total. The molecular weight excluding hydrogens is 277 g/mol. The van der Waals surface area contributed by atoms with E-state index in [-0.39, 0.29) is 11.3 Å². The van der Waals surface area contributed by atoms with E-state index in [1.54, 1.807) is 0 Å². The largest absolute Gasteiger partial charge is 0.352 e. The predicted octanol–water partition coefficient (Wildman–Crippen LogP) is 1.95. The van der Waals surface area contributed by atoms with Gasteiger partial charge in [0.25, 0.3) is 11.6 Å². The van der Waals surface area contributed by atoms with Crippen molar-refractivity contribution < 1.29 is 14.1 Å². The quantitative estimate of drug-likeness (QED) is 0.494. The summed E-state index contributed by atoms with van der Waals surface area (Å²) in [6.45, 7) is 3.49. The number of nitrogens with zero attached hydrogens (tertiary/aromatic N) is 2. The Kier molecular flexibility index (Phi) is 5.21. The standard InChI is InChI=1S/C14H18FN3O3/c15-11-4-5-13(18(20)21)12(10-11)14(19)16-6-3-9-17-7-1-2-8-17/h4-5,10H,1-3,6-9H2,(H,16,19). The Labute approximate surface area is 122 Å². The summed E-state index contributed by atoms with van der Waals surface area (Å²) in [5.41, 5.74) is -0.616. The van der Waals surface area contributed by atoms with Crippen LogP contribution < -0.4 is 5.32 Å². The van der Waals surface area contributed by atoms with E-state index >= 15 is 0 Å². The minimum Gasteiger partial charge on any atom is -0.352 e. The molecule has 2 rings (SSSR count). The van der Waals surface area contributed by atoms with Gasteiger partial charge in [-0.1, -0.05) is 0 Å². The molecule has 0 radical (unpaired) electrons. The van der Waals surface area contributed by atoms with Gasteiger partial charge in [-0.3, -0.25) is 14.9 Å². The molecule has 114 valence electrons. The van der Waals surface area contributed by atoms with Crippen molar-refractivity contribution in [1.29, 1.82) is 0 Å². The van der Waals surface area contributed by atoms with Crippen LogP contribution in [0.5, 0.6) is 0 Å². The summed E-state index contributed by atoms with van der Waals surface area (Å²) in [6.07, 6.45) is 3.19. The molecule has 0 spiro atoms. The molecule has 0 bridgehead atoms. The maximum absolute atomic E-state index is 13.2. The Morgan fingerprint density at radius 3 is 2.76 bits per heavy atom. The first-order valence-electron chi connectivity index (χ1n) is 7.02. The van der Waals surface area contributed by atoms with Crippen molar-refractivity contribution in [3.05, 3.63) is 39.7 Å². The zero-order valence-corrected chi connectivity index (χ0v) is 11.7. The highest BCUT2D eigenvalue weighted by atomic mass is 19.1. The van der Waals surface area contributed by atoms with Crippen LogP contribution >= 0.6 is 0 Å². The summed E-state index contributed by atoms with van der Waals surface area (Å²) >= 11 is 0. The predicted molar refractivity (Wildman–Crippen MR) is 75.7 cm³/mol. The molecule has 1 aliphatic heterocycles. The molecule has 1 saturated heterocycles. The zero-order chi connectivity index (χ0) is 15.2. The Hall–Kier alpha value is -2.02. The molecule has 21 heavy (non-hydrogen) atoms. The molecular formula is C14H18FN3O3. The van der Waals surface area contributed by atoms with Crippen LogP contribution in [0.25, 0.3) is 0 Å². The summed E-state index contributed by atoms with van der Waals surface area (Å²) in [4.78, 5) is 24.4. The van der Waals surface area contributed by atoms with Gasteiger partial charge < -0.3 is 10.2 Å². The van der Waals surface area contributed by atoms with Gasteiger partial charge in [0.05, 0.1) is 4.92 Å². The fraction of sp³-hybridized carbons (Fsp3) is 0.500. The van der Waals surface area contributed by atoms with Crippen LogP contribution in [0.3, 0.4) is 0 Å². The van der Waals surface area contributed by atoms with E-state index in [1.165, 1.54) is 12.8 Å². The second-order valence-electron chi connectivity index (χ2n) is 5.08. The number of nitro benzene ring substituents is 1. The van der Waals surface area contributed by atoms with Crippen molar-refractivity contribution in [3.8, 4) is 0 Å². The number of carbonyl (C=O) groups is 1. The van der Waals surface area contributed by atoms with Crippen LogP contribution in [0, 0.1) is 15.9 Å². The van der Waals surface area contributed by atoms with Crippen molar-refractivity contribution in [1.82, 2.24) is 10.2 Å². The first-order valence-corrected chi connectivity index (χ1v) is 7.02. The molecule has 0 atom stereocenters. The van der Waals surface area contributed by atoms with Gasteiger partial charge in [0.1, 0.15) is 11.4 Å². The van der Waals surface area contributed by atoms with Crippen molar-refractivity contribution in [2.45, 2.75) is 19.3 Å². The third kappa shape index (κ3) is 4.22. The topological polar surface area (TPSA) is 75.5 Å². The number of carbonyl (C=O) groups excluding carboxylic acids is 1. The molecule has 1 N–H and O–H groups in total. The first kappa shape index (κ1) is 15.4. The van der Waals surface area contributed by atoms with E-state index in [4.69, 9.17) is 0 Å². The molecule has 0 saturated carbocycles. The normalized spacial score (nSPS) is 15.1. The van der Waals surface area contributed by atoms with Crippen molar-refractivity contribution in [3.63, 3.8) is 0 Å². The lowest BCUT2D eigenvalue weighted by molar-refractivity contribution is -0.385. The molecule has 1 fully saturated rings. The molecule has 1 aromatic carbocycles. The summed E-state index contributed by atoms with van der Waals surface area (Å²) in [5.74, 6) is -1.27. The van der Waals surface area contributed by atoms with Crippen LogP contribution in [-0.4, -0.2) is 41.9 Å². The Balaban J connectivity index is 1.87. The highest BCUT2D eigenvalue weighted by molar-refractivity contribution is 5.98. The van der Waals surface area contributed by atoms with Gasteiger partial charge in [-0.15, -0.1) is 0 Å². The van der Waals surface area contributed by atoms with E-state index in [0.29, 0.717) is 6.54 Å². The van der Waals surface area contributed by atoms with E-state index < -0.39 is 16.6 Å². The van der Waals surface area contributed by atoms with E-state index in [2.05, 4.69) is 10.2 Å². The highest BCUT2D eigenvalue weighted by Gasteiger charge is 2.20. The minimum atomic E-state index is -0.682. The fourth-order valence-electron chi connectivity index (χ4n) is 2.46. The van der Waals surface area contributed by atoms with E-state index in [1.807, 2.05) is 0 Å². The molecule has 0 aromatic heterocycles. The number of hydrogen-bond donors (Lipinski definition) is 1. The average Bonchev–Trinajstić information content (AvgIpc) is 2.96. The third-order valence-electron chi connectivity index (χ3n) is 3.54. The smallest absolute Gasteiger partial charge is 0.282 e. The second-order valence-corrected chi connectivity index (χ2v) is 5.08. The first-order chi connectivity index (χ1) is 10.1. The van der Waals surface area contributed by atoms with Crippen LogP contribution in [-0.2, 0) is 0 Å². The van der Waals surface area contributed by atoms with Crippen LogP contribution in [0.15, 0.2) is 18.2 Å². The Morgan fingerprint density at radius 1 is 1.38 bits per heavy atom. The third-order valence-corrected chi connectivity index (χ3v) is 3.54. The molecule has 1 amide bonds. The van der Waals surface area contributed by atoms with Gasteiger partial charge >= 0.3 is 0 Å². The van der Waals surface area contributed by atoms with Gasteiger partial charge in [-0.2, -0.15) is 0 Å². The van der Waals surface area contributed by atoms with E-state index in [0.717, 1.165) is 44.3 Å². The number of amides is 1. The van der Waals surface area contributed by atoms with Crippen LogP contribution in [0.1, 0.15) is 29.6 Å². The Bertz CT molecular complexity index is 530. The summed E-state index contributed by atoms with van der Waals surface area (Å²) in [7, 11) is 0. The second kappa shape index (κ2) is 7.12. The molecule has 7 heteroatoms. The average molecular weight is 295 g/mol. The number of halogens is 1. The van der Waals surface area contributed by atoms with Gasteiger partial charge in [0, 0.05) is 12.6 Å². The highest BCUT2D eigenvalue weighted by Crippen LogP contribution is 2.19. The monoisotopic (exact) mass is 295 g/mol. The molecule has 0 unspecified atom stereocenters. The van der Waals surface area contributed by atoms with Crippen molar-refractivity contribution in [2.24, 2.45) is 0 Å². The summed E-state index contributed by atoms with van der Waals surface area (Å²) in [6, 6.07) is 2.88. The fourth-order valence-corrected chi connectivity index (χ4v) is 2.46. The molecule has 1 aromatic rings. The number of nitro groups is 1. The summed E-state index contributed by atoms with van der Waals surface area (Å²) in [5, 5.41) is 13.4. The van der Waals surface area contributed by atoms with E-state index in [9.17, 15) is 19.3 Å². The lowest BCUT2D eigenvalue weighted by atomic mass is 10.1. The number of hydrogen-bond acceptors (Lipinski definition) is 4.